The lowest BCUT2D eigenvalue weighted by molar-refractivity contribution is -0.167. The van der Waals surface area contributed by atoms with Gasteiger partial charge in [-0.25, -0.2) is 0 Å². The maximum absolute atomic E-state index is 12.8. The lowest BCUT2D eigenvalue weighted by Gasteiger charge is -2.18. The number of ether oxygens (including phenoxy) is 3. The van der Waals surface area contributed by atoms with Crippen molar-refractivity contribution in [3.63, 3.8) is 0 Å². The predicted molar refractivity (Wildman–Crippen MR) is 251 cm³/mol. The van der Waals surface area contributed by atoms with Crippen molar-refractivity contribution in [3.05, 3.63) is 72.9 Å². The molecule has 0 fully saturated rings. The molecular formula is C53H90O6. The number of allylic oxidation sites excluding steroid dienone is 12. The van der Waals surface area contributed by atoms with Gasteiger partial charge in [0.25, 0.3) is 0 Å². The quantitative estimate of drug-likeness (QED) is 0.0200. The van der Waals surface area contributed by atoms with Gasteiger partial charge in [0.05, 0.1) is 0 Å². The number of hydrogen-bond donors (Lipinski definition) is 0. The Bertz CT molecular complexity index is 1130. The van der Waals surface area contributed by atoms with Crippen LogP contribution in [0.2, 0.25) is 0 Å². The van der Waals surface area contributed by atoms with E-state index in [1.54, 1.807) is 0 Å². The van der Waals surface area contributed by atoms with E-state index in [1.807, 2.05) is 0 Å². The van der Waals surface area contributed by atoms with Crippen molar-refractivity contribution in [3.8, 4) is 0 Å². The first-order chi connectivity index (χ1) is 29.0. The molecule has 0 aromatic rings. The molecule has 0 bridgehead atoms. The van der Waals surface area contributed by atoms with E-state index in [1.165, 1.54) is 83.5 Å². The smallest absolute Gasteiger partial charge is 0.306 e. The molecule has 1 atom stereocenters. The minimum Gasteiger partial charge on any atom is -0.462 e. The van der Waals surface area contributed by atoms with Crippen LogP contribution in [0.5, 0.6) is 0 Å². The molecule has 0 heterocycles. The summed E-state index contributed by atoms with van der Waals surface area (Å²) >= 11 is 0. The highest BCUT2D eigenvalue weighted by molar-refractivity contribution is 5.71. The van der Waals surface area contributed by atoms with Crippen LogP contribution in [0.15, 0.2) is 72.9 Å². The first-order valence-electron chi connectivity index (χ1n) is 24.5. The van der Waals surface area contributed by atoms with Crippen LogP contribution in [0.3, 0.4) is 0 Å². The van der Waals surface area contributed by atoms with Gasteiger partial charge in [0.1, 0.15) is 13.2 Å². The fraction of sp³-hybridized carbons (Fsp3) is 0.717. The van der Waals surface area contributed by atoms with Crippen molar-refractivity contribution >= 4 is 17.9 Å². The molecule has 6 heteroatoms. The Morgan fingerprint density at radius 1 is 0.373 bits per heavy atom. The van der Waals surface area contributed by atoms with Gasteiger partial charge in [-0.2, -0.15) is 0 Å². The van der Waals surface area contributed by atoms with Crippen molar-refractivity contribution in [1.82, 2.24) is 0 Å². The van der Waals surface area contributed by atoms with Gasteiger partial charge in [0.2, 0.25) is 0 Å². The Morgan fingerprint density at radius 2 is 0.746 bits per heavy atom. The van der Waals surface area contributed by atoms with Crippen LogP contribution in [0.4, 0.5) is 0 Å². The molecule has 0 aliphatic heterocycles. The third-order valence-corrected chi connectivity index (χ3v) is 10.3. The van der Waals surface area contributed by atoms with Crippen LogP contribution in [0.1, 0.15) is 226 Å². The summed E-state index contributed by atoms with van der Waals surface area (Å²) in [5.41, 5.74) is 0. The average molecular weight is 823 g/mol. The van der Waals surface area contributed by atoms with Gasteiger partial charge < -0.3 is 14.2 Å². The van der Waals surface area contributed by atoms with Crippen molar-refractivity contribution in [2.75, 3.05) is 13.2 Å². The van der Waals surface area contributed by atoms with Crippen molar-refractivity contribution < 1.29 is 28.6 Å². The lowest BCUT2D eigenvalue weighted by atomic mass is 10.0. The van der Waals surface area contributed by atoms with Crippen LogP contribution in [0, 0.1) is 0 Å². The predicted octanol–water partition coefficient (Wildman–Crippen LogP) is 15.9. The van der Waals surface area contributed by atoms with E-state index in [-0.39, 0.29) is 31.1 Å². The zero-order chi connectivity index (χ0) is 43.0. The van der Waals surface area contributed by atoms with Crippen LogP contribution in [-0.4, -0.2) is 37.2 Å². The SMILES string of the molecule is CC\C=C/C=C\C=C/CCCCCCCCCC(=O)OCC(COC(=O)CCCCCCCCCCCCCC)OC(=O)CCCCCC/C=C\C/C=C\C/C=C\CC. The molecular weight excluding hydrogens is 733 g/mol. The fourth-order valence-corrected chi connectivity index (χ4v) is 6.63. The average Bonchev–Trinajstić information content (AvgIpc) is 3.23. The normalized spacial score (nSPS) is 12.7. The third kappa shape index (κ3) is 45.8. The highest BCUT2D eigenvalue weighted by Gasteiger charge is 2.19. The Morgan fingerprint density at radius 3 is 1.22 bits per heavy atom. The molecule has 0 rings (SSSR count). The highest BCUT2D eigenvalue weighted by Crippen LogP contribution is 2.14. The Balaban J connectivity index is 4.43. The number of carbonyl (C=O) groups is 3. The largest absolute Gasteiger partial charge is 0.462 e. The third-order valence-electron chi connectivity index (χ3n) is 10.3. The van der Waals surface area contributed by atoms with Crippen molar-refractivity contribution in [2.24, 2.45) is 0 Å². The topological polar surface area (TPSA) is 78.9 Å². The van der Waals surface area contributed by atoms with E-state index in [0.717, 1.165) is 103 Å². The summed E-state index contributed by atoms with van der Waals surface area (Å²) in [7, 11) is 0. The summed E-state index contributed by atoms with van der Waals surface area (Å²) < 4.78 is 16.7. The second kappa shape index (κ2) is 47.5. The summed E-state index contributed by atoms with van der Waals surface area (Å²) in [4.78, 5) is 37.9. The second-order valence-electron chi connectivity index (χ2n) is 16.0. The molecule has 6 nitrogen and oxygen atoms in total. The Labute approximate surface area is 363 Å². The van der Waals surface area contributed by atoms with Gasteiger partial charge in [-0.1, -0.05) is 209 Å². The molecule has 59 heavy (non-hydrogen) atoms. The molecule has 0 radical (unpaired) electrons. The van der Waals surface area contributed by atoms with E-state index in [9.17, 15) is 14.4 Å². The monoisotopic (exact) mass is 823 g/mol. The summed E-state index contributed by atoms with van der Waals surface area (Å²) in [5.74, 6) is -0.923. The zero-order valence-electron chi connectivity index (χ0n) is 38.5. The number of hydrogen-bond acceptors (Lipinski definition) is 6. The minimum absolute atomic E-state index is 0.0874. The van der Waals surface area contributed by atoms with E-state index < -0.39 is 6.10 Å². The van der Waals surface area contributed by atoms with Crippen LogP contribution in [0.25, 0.3) is 0 Å². The molecule has 0 N–H and O–H groups in total. The molecule has 1 unspecified atom stereocenters. The van der Waals surface area contributed by atoms with E-state index >= 15 is 0 Å². The summed E-state index contributed by atoms with van der Waals surface area (Å²) in [5, 5.41) is 0. The van der Waals surface area contributed by atoms with Crippen molar-refractivity contribution in [2.45, 2.75) is 232 Å². The fourth-order valence-electron chi connectivity index (χ4n) is 6.63. The zero-order valence-corrected chi connectivity index (χ0v) is 38.5. The Kier molecular flexibility index (Phi) is 45.0. The first kappa shape index (κ1) is 55.9. The van der Waals surface area contributed by atoms with Gasteiger partial charge in [0, 0.05) is 19.3 Å². The molecule has 0 spiro atoms. The summed E-state index contributed by atoms with van der Waals surface area (Å²) in [6.45, 7) is 6.36. The molecule has 0 aromatic carbocycles. The Hall–Kier alpha value is -3.15. The van der Waals surface area contributed by atoms with Gasteiger partial charge >= 0.3 is 17.9 Å². The lowest BCUT2D eigenvalue weighted by Crippen LogP contribution is -2.30. The molecule has 338 valence electrons. The molecule has 0 aromatic heterocycles. The molecule has 0 amide bonds. The van der Waals surface area contributed by atoms with Gasteiger partial charge in [-0.15, -0.1) is 0 Å². The number of unbranched alkanes of at least 4 members (excludes halogenated alkanes) is 22. The van der Waals surface area contributed by atoms with Crippen LogP contribution < -0.4 is 0 Å². The summed E-state index contributed by atoms with van der Waals surface area (Å²) in [6, 6.07) is 0. The van der Waals surface area contributed by atoms with Crippen LogP contribution in [-0.2, 0) is 28.6 Å². The maximum Gasteiger partial charge on any atom is 0.306 e. The first-order valence-corrected chi connectivity index (χ1v) is 24.5. The van der Waals surface area contributed by atoms with Gasteiger partial charge in [0.15, 0.2) is 6.10 Å². The van der Waals surface area contributed by atoms with Gasteiger partial charge in [-0.3, -0.25) is 14.4 Å². The van der Waals surface area contributed by atoms with E-state index in [2.05, 4.69) is 93.7 Å². The summed E-state index contributed by atoms with van der Waals surface area (Å²) in [6.07, 6.45) is 58.8. The minimum atomic E-state index is -0.789. The standard InChI is InChI=1S/C53H90O6/c1-4-7-10-13-16-19-22-25-27-29-31-34-37-40-43-46-52(55)58-49-50(48-57-51(54)45-42-39-36-33-30-24-21-18-15-12-9-6-3)59-53(56)47-44-41-38-35-32-28-26-23-20-17-14-11-8-5-2/h7-8,10-11,13,16-17,19-20,22,26,28,50H,4-6,9,12,14-15,18,21,23-25,27,29-49H2,1-3H3/b10-7-,11-8-,16-13-,20-17-,22-19-,28-26-. The number of esters is 3. The van der Waals surface area contributed by atoms with E-state index in [4.69, 9.17) is 14.2 Å². The van der Waals surface area contributed by atoms with Gasteiger partial charge in [-0.05, 0) is 70.6 Å². The molecule has 0 aliphatic carbocycles. The number of carbonyl (C=O) groups excluding carboxylic acids is 3. The molecule has 0 saturated carbocycles. The molecule has 0 saturated heterocycles. The maximum atomic E-state index is 12.8. The van der Waals surface area contributed by atoms with Crippen LogP contribution >= 0.6 is 0 Å². The molecule has 0 aliphatic rings. The second-order valence-corrected chi connectivity index (χ2v) is 16.0. The van der Waals surface area contributed by atoms with E-state index in [0.29, 0.717) is 19.3 Å². The van der Waals surface area contributed by atoms with Crippen molar-refractivity contribution in [1.29, 1.82) is 0 Å². The highest BCUT2D eigenvalue weighted by atomic mass is 16.6. The number of rotatable bonds is 43.